The lowest BCUT2D eigenvalue weighted by molar-refractivity contribution is -0.384. The van der Waals surface area contributed by atoms with Crippen LogP contribution in [0.4, 0.5) is 5.69 Å². The van der Waals surface area contributed by atoms with Gasteiger partial charge in [0.2, 0.25) is 6.79 Å². The molecular formula is C18H15ClN4O5S. The van der Waals surface area contributed by atoms with Crippen LogP contribution in [0.2, 0.25) is 5.02 Å². The van der Waals surface area contributed by atoms with Crippen molar-refractivity contribution in [3.05, 3.63) is 68.7 Å². The molecule has 3 N–H and O–H groups in total. The highest BCUT2D eigenvalue weighted by Gasteiger charge is 2.13. The molecule has 0 bridgehead atoms. The third-order valence-electron chi connectivity index (χ3n) is 3.78. The van der Waals surface area contributed by atoms with Gasteiger partial charge in [0.25, 0.3) is 11.6 Å². The fraction of sp³-hybridized carbons (Fsp3) is 0.111. The predicted molar refractivity (Wildman–Crippen MR) is 110 cm³/mol. The molecule has 150 valence electrons. The monoisotopic (exact) mass is 434 g/mol. The van der Waals surface area contributed by atoms with Gasteiger partial charge in [-0.25, -0.2) is 0 Å². The van der Waals surface area contributed by atoms with Crippen LogP contribution in [0.5, 0.6) is 11.5 Å². The Morgan fingerprint density at radius 2 is 2.00 bits per heavy atom. The van der Waals surface area contributed by atoms with E-state index in [1.165, 1.54) is 24.3 Å². The lowest BCUT2D eigenvalue weighted by atomic mass is 10.2. The third-order valence-corrected chi connectivity index (χ3v) is 4.35. The molecule has 11 heteroatoms. The molecule has 1 aliphatic heterocycles. The van der Waals surface area contributed by atoms with Gasteiger partial charge in [0.05, 0.1) is 4.92 Å². The maximum absolute atomic E-state index is 11.9. The Hall–Kier alpha value is -3.37. The number of carbonyl (C=O) groups is 1. The van der Waals surface area contributed by atoms with Crippen LogP contribution in [0.1, 0.15) is 11.1 Å². The van der Waals surface area contributed by atoms with E-state index in [9.17, 15) is 14.9 Å². The first kappa shape index (κ1) is 20.4. The Bertz CT molecular complexity index is 998. The topological polar surface area (TPSA) is 115 Å². The Balaban J connectivity index is 1.45. The van der Waals surface area contributed by atoms with E-state index in [2.05, 4.69) is 16.2 Å². The van der Waals surface area contributed by atoms with Gasteiger partial charge in [0, 0.05) is 18.7 Å². The number of ether oxygens (including phenoxy) is 2. The number of benzene rings is 2. The molecule has 29 heavy (non-hydrogen) atoms. The molecule has 2 aromatic carbocycles. The molecular weight excluding hydrogens is 420 g/mol. The second-order valence-corrected chi connectivity index (χ2v) is 6.60. The van der Waals surface area contributed by atoms with E-state index < -0.39 is 10.8 Å². The van der Waals surface area contributed by atoms with Crippen molar-refractivity contribution in [3.63, 3.8) is 0 Å². The Kier molecular flexibility index (Phi) is 6.47. The molecule has 0 spiro atoms. The highest BCUT2D eigenvalue weighted by Crippen LogP contribution is 2.32. The number of fused-ring (bicyclic) bond motifs is 1. The minimum Gasteiger partial charge on any atom is -0.454 e. The average molecular weight is 435 g/mol. The van der Waals surface area contributed by atoms with Crippen LogP contribution >= 0.6 is 23.8 Å². The molecule has 3 rings (SSSR count). The second-order valence-electron chi connectivity index (χ2n) is 5.79. The summed E-state index contributed by atoms with van der Waals surface area (Å²) in [7, 11) is 0. The summed E-state index contributed by atoms with van der Waals surface area (Å²) in [6.07, 6.45) is 2.63. The standard InChI is InChI=1S/C18H15ClN4O5S/c19-13-4-1-11(7-14(13)23(25)26)3-6-17(24)21-22-18(29)20-9-12-2-5-15-16(8-12)28-10-27-15/h1-8H,9-10H2,(H,21,24)(H2,20,22,29)/b6-3+. The van der Waals surface area contributed by atoms with Gasteiger partial charge in [-0.2, -0.15) is 0 Å². The van der Waals surface area contributed by atoms with E-state index in [0.717, 1.165) is 5.56 Å². The Morgan fingerprint density at radius 3 is 2.79 bits per heavy atom. The number of nitrogens with one attached hydrogen (secondary N) is 3. The molecule has 0 saturated heterocycles. The smallest absolute Gasteiger partial charge is 0.288 e. The van der Waals surface area contributed by atoms with Crippen LogP contribution < -0.4 is 25.6 Å². The van der Waals surface area contributed by atoms with Crippen LogP contribution in [0.25, 0.3) is 6.08 Å². The first-order valence-electron chi connectivity index (χ1n) is 8.27. The fourth-order valence-electron chi connectivity index (χ4n) is 2.38. The number of nitro groups is 1. The number of nitrogens with zero attached hydrogens (tertiary/aromatic N) is 1. The lowest BCUT2D eigenvalue weighted by Gasteiger charge is -2.11. The largest absolute Gasteiger partial charge is 0.454 e. The maximum atomic E-state index is 11.9. The number of amides is 1. The van der Waals surface area contributed by atoms with Crippen molar-refractivity contribution in [2.45, 2.75) is 6.54 Å². The number of rotatable bonds is 5. The van der Waals surface area contributed by atoms with Crippen molar-refractivity contribution in [1.29, 1.82) is 0 Å². The second kappa shape index (κ2) is 9.22. The molecule has 1 aliphatic rings. The van der Waals surface area contributed by atoms with Crippen molar-refractivity contribution in [1.82, 2.24) is 16.2 Å². The van der Waals surface area contributed by atoms with E-state index >= 15 is 0 Å². The summed E-state index contributed by atoms with van der Waals surface area (Å²) in [5.74, 6) is 0.874. The van der Waals surface area contributed by atoms with E-state index in [1.807, 2.05) is 18.2 Å². The highest BCUT2D eigenvalue weighted by atomic mass is 35.5. The summed E-state index contributed by atoms with van der Waals surface area (Å²) in [5.41, 5.74) is 6.11. The zero-order valence-corrected chi connectivity index (χ0v) is 16.4. The van der Waals surface area contributed by atoms with E-state index in [1.54, 1.807) is 6.07 Å². The Labute approximate surface area is 175 Å². The summed E-state index contributed by atoms with van der Waals surface area (Å²) in [6.45, 7) is 0.623. The van der Waals surface area contributed by atoms with Crippen molar-refractivity contribution >= 4 is 46.6 Å². The first-order valence-corrected chi connectivity index (χ1v) is 9.05. The number of thiocarbonyl (C=S) groups is 1. The van der Waals surface area contributed by atoms with Gasteiger partial charge >= 0.3 is 0 Å². The molecule has 9 nitrogen and oxygen atoms in total. The molecule has 1 heterocycles. The highest BCUT2D eigenvalue weighted by molar-refractivity contribution is 7.80. The molecule has 0 aliphatic carbocycles. The number of carbonyl (C=O) groups excluding carboxylic acids is 1. The number of halogens is 1. The van der Waals surface area contributed by atoms with E-state index in [-0.39, 0.29) is 22.6 Å². The lowest BCUT2D eigenvalue weighted by Crippen LogP contribution is -2.45. The van der Waals surface area contributed by atoms with Gasteiger partial charge in [0.1, 0.15) is 5.02 Å². The predicted octanol–water partition coefficient (Wildman–Crippen LogP) is 2.69. The van der Waals surface area contributed by atoms with Crippen molar-refractivity contribution in [2.75, 3.05) is 6.79 Å². The third kappa shape index (κ3) is 5.56. The number of hydrogen-bond donors (Lipinski definition) is 3. The number of hydrazine groups is 1. The molecule has 2 aromatic rings. The molecule has 0 fully saturated rings. The Morgan fingerprint density at radius 1 is 1.21 bits per heavy atom. The minimum absolute atomic E-state index is 0.0251. The summed E-state index contributed by atoms with van der Waals surface area (Å²) in [6, 6.07) is 9.75. The fourth-order valence-corrected chi connectivity index (χ4v) is 2.69. The van der Waals surface area contributed by atoms with Crippen LogP contribution in [0.3, 0.4) is 0 Å². The maximum Gasteiger partial charge on any atom is 0.288 e. The molecule has 0 unspecified atom stereocenters. The van der Waals surface area contributed by atoms with E-state index in [4.69, 9.17) is 33.3 Å². The van der Waals surface area contributed by atoms with Crippen LogP contribution in [0.15, 0.2) is 42.5 Å². The molecule has 0 radical (unpaired) electrons. The van der Waals surface area contributed by atoms with E-state index in [0.29, 0.717) is 23.6 Å². The van der Waals surface area contributed by atoms with Gasteiger partial charge in [0.15, 0.2) is 16.6 Å². The quantitative estimate of drug-likeness (QED) is 0.285. The van der Waals surface area contributed by atoms with Gasteiger partial charge in [-0.1, -0.05) is 23.7 Å². The summed E-state index contributed by atoms with van der Waals surface area (Å²) in [5, 5.41) is 14.1. The first-order chi connectivity index (χ1) is 13.9. The van der Waals surface area contributed by atoms with Crippen molar-refractivity contribution in [2.24, 2.45) is 0 Å². The SMILES string of the molecule is O=C(/C=C/c1ccc(Cl)c([N+](=O)[O-])c1)NNC(=S)NCc1ccc2c(c1)OCO2. The van der Waals surface area contributed by atoms with Gasteiger partial charge in [-0.05, 0) is 47.6 Å². The van der Waals surface area contributed by atoms with Crippen LogP contribution in [0, 0.1) is 10.1 Å². The van der Waals surface area contributed by atoms with Crippen molar-refractivity contribution < 1.29 is 19.2 Å². The van der Waals surface area contributed by atoms with Crippen molar-refractivity contribution in [3.8, 4) is 11.5 Å². The molecule has 0 saturated carbocycles. The summed E-state index contributed by atoms with van der Waals surface area (Å²) in [4.78, 5) is 22.2. The summed E-state index contributed by atoms with van der Waals surface area (Å²) >= 11 is 10.9. The number of nitro benzene ring substituents is 1. The van der Waals surface area contributed by atoms with Crippen LogP contribution in [-0.4, -0.2) is 22.7 Å². The van der Waals surface area contributed by atoms with Gasteiger partial charge < -0.3 is 14.8 Å². The van der Waals surface area contributed by atoms with Gasteiger partial charge in [-0.3, -0.25) is 25.8 Å². The number of hydrogen-bond acceptors (Lipinski definition) is 6. The van der Waals surface area contributed by atoms with Gasteiger partial charge in [-0.15, -0.1) is 0 Å². The zero-order chi connectivity index (χ0) is 20.8. The normalized spacial score (nSPS) is 11.9. The summed E-state index contributed by atoms with van der Waals surface area (Å²) < 4.78 is 10.6. The zero-order valence-electron chi connectivity index (χ0n) is 14.8. The van der Waals surface area contributed by atoms with Crippen LogP contribution in [-0.2, 0) is 11.3 Å². The molecule has 0 atom stereocenters. The average Bonchev–Trinajstić information content (AvgIpc) is 3.17. The molecule has 1 amide bonds. The molecule has 0 aromatic heterocycles. The minimum atomic E-state index is -0.592.